The number of rotatable bonds is 9. The molecule has 0 aliphatic heterocycles. The molecule has 1 heterocycles. The summed E-state index contributed by atoms with van der Waals surface area (Å²) in [7, 11) is 0. The number of anilines is 2. The van der Waals surface area contributed by atoms with Crippen molar-refractivity contribution in [3.8, 4) is 5.75 Å². The summed E-state index contributed by atoms with van der Waals surface area (Å²) in [5.41, 5.74) is 3.40. The maximum atomic E-state index is 12.4. The number of ether oxygens (including phenoxy) is 1. The normalized spacial score (nSPS) is 10.6. The van der Waals surface area contributed by atoms with Crippen LogP contribution in [0.15, 0.2) is 72.9 Å². The van der Waals surface area contributed by atoms with Crippen molar-refractivity contribution in [3.63, 3.8) is 0 Å². The first-order valence-electron chi connectivity index (χ1n) is 9.92. The van der Waals surface area contributed by atoms with Gasteiger partial charge < -0.3 is 15.4 Å². The minimum Gasteiger partial charge on any atom is -0.491 e. The predicted octanol–water partition coefficient (Wildman–Crippen LogP) is 4.98. The molecular weight excluding hydrogens is 362 g/mol. The fraction of sp³-hybridized carbons (Fsp3) is 0.250. The van der Waals surface area contributed by atoms with Gasteiger partial charge in [0.2, 0.25) is 0 Å². The molecule has 2 N–H and O–H groups in total. The van der Waals surface area contributed by atoms with Crippen LogP contribution in [0.4, 0.5) is 11.4 Å². The van der Waals surface area contributed by atoms with Crippen LogP contribution in [0, 0.1) is 0 Å². The highest BCUT2D eigenvalue weighted by molar-refractivity contribution is 5.93. The molecule has 0 radical (unpaired) electrons. The highest BCUT2D eigenvalue weighted by Crippen LogP contribution is 2.21. The van der Waals surface area contributed by atoms with Crippen molar-refractivity contribution in [2.24, 2.45) is 0 Å². The Morgan fingerprint density at radius 1 is 1.00 bits per heavy atom. The molecule has 0 saturated heterocycles. The van der Waals surface area contributed by atoms with Gasteiger partial charge in [-0.05, 0) is 68.7 Å². The third-order valence-corrected chi connectivity index (χ3v) is 4.28. The number of nitrogens with one attached hydrogen (secondary N) is 2. The van der Waals surface area contributed by atoms with Crippen molar-refractivity contribution < 1.29 is 9.53 Å². The maximum Gasteiger partial charge on any atom is 0.269 e. The smallest absolute Gasteiger partial charge is 0.269 e. The Balaban J connectivity index is 1.51. The summed E-state index contributed by atoms with van der Waals surface area (Å²) in [5.74, 6) is 0.665. The van der Waals surface area contributed by atoms with Crippen LogP contribution >= 0.6 is 0 Å². The third kappa shape index (κ3) is 6.64. The van der Waals surface area contributed by atoms with Crippen LogP contribution in [0.2, 0.25) is 0 Å². The zero-order valence-corrected chi connectivity index (χ0v) is 16.9. The summed E-state index contributed by atoms with van der Waals surface area (Å²) < 4.78 is 5.65. The number of hydrogen-bond donors (Lipinski definition) is 2. The van der Waals surface area contributed by atoms with Crippen LogP contribution in [0.1, 0.15) is 36.3 Å². The molecular formula is C24H27N3O2. The predicted molar refractivity (Wildman–Crippen MR) is 117 cm³/mol. The molecule has 0 atom stereocenters. The van der Waals surface area contributed by atoms with E-state index in [1.165, 1.54) is 5.56 Å². The van der Waals surface area contributed by atoms with Crippen LogP contribution in [0.25, 0.3) is 0 Å². The Bertz CT molecular complexity index is 909. The molecule has 1 amide bonds. The lowest BCUT2D eigenvalue weighted by atomic mass is 10.1. The van der Waals surface area contributed by atoms with Crippen LogP contribution < -0.4 is 15.4 Å². The molecule has 2 aromatic carbocycles. The van der Waals surface area contributed by atoms with E-state index in [0.29, 0.717) is 12.2 Å². The number of hydrogen-bond acceptors (Lipinski definition) is 4. The van der Waals surface area contributed by atoms with Crippen LogP contribution in [-0.2, 0) is 6.42 Å². The van der Waals surface area contributed by atoms with Crippen LogP contribution in [0.5, 0.6) is 5.75 Å². The molecule has 150 valence electrons. The van der Waals surface area contributed by atoms with E-state index in [-0.39, 0.29) is 12.0 Å². The van der Waals surface area contributed by atoms with Gasteiger partial charge in [-0.15, -0.1) is 0 Å². The summed E-state index contributed by atoms with van der Waals surface area (Å²) in [6.07, 6.45) is 3.60. The summed E-state index contributed by atoms with van der Waals surface area (Å²) >= 11 is 0. The Kier molecular flexibility index (Phi) is 7.22. The fourth-order valence-electron chi connectivity index (χ4n) is 2.92. The molecule has 0 spiro atoms. The van der Waals surface area contributed by atoms with Gasteiger partial charge in [0, 0.05) is 24.1 Å². The first kappa shape index (κ1) is 20.4. The van der Waals surface area contributed by atoms with Crippen molar-refractivity contribution in [2.75, 3.05) is 11.9 Å². The van der Waals surface area contributed by atoms with E-state index in [4.69, 9.17) is 4.74 Å². The molecule has 5 heteroatoms. The average molecular weight is 389 g/mol. The molecule has 3 aromatic rings. The number of aromatic nitrogens is 1. The lowest BCUT2D eigenvalue weighted by Gasteiger charge is -2.11. The van der Waals surface area contributed by atoms with Crippen molar-refractivity contribution >= 4 is 17.3 Å². The summed E-state index contributed by atoms with van der Waals surface area (Å²) in [4.78, 5) is 16.6. The Labute approximate surface area is 172 Å². The van der Waals surface area contributed by atoms with Crippen molar-refractivity contribution in [1.82, 2.24) is 10.3 Å². The minimum absolute atomic E-state index is 0.141. The van der Waals surface area contributed by atoms with E-state index < -0.39 is 0 Å². The van der Waals surface area contributed by atoms with Gasteiger partial charge in [-0.1, -0.05) is 30.3 Å². The average Bonchev–Trinajstić information content (AvgIpc) is 2.73. The number of benzene rings is 2. The van der Waals surface area contributed by atoms with Crippen LogP contribution in [0.3, 0.4) is 0 Å². The number of aryl methyl sites for hydroxylation is 1. The van der Waals surface area contributed by atoms with E-state index in [1.54, 1.807) is 12.3 Å². The number of amides is 1. The number of nitrogens with zero attached hydrogens (tertiary/aromatic N) is 1. The molecule has 1 aromatic heterocycles. The monoisotopic (exact) mass is 389 g/mol. The standard InChI is InChI=1S/C24H27N3O2/c1-18(2)29-22-12-10-20(11-13-22)27-21-14-16-25-23(17-21)24(28)26-15-6-9-19-7-4-3-5-8-19/h3-5,7-8,10-14,16-18H,6,9,15H2,1-2H3,(H,25,27)(H,26,28). The van der Waals surface area contributed by atoms with E-state index in [9.17, 15) is 4.79 Å². The fourth-order valence-corrected chi connectivity index (χ4v) is 2.92. The number of pyridine rings is 1. The second kappa shape index (κ2) is 10.3. The molecule has 0 unspecified atom stereocenters. The summed E-state index contributed by atoms with van der Waals surface area (Å²) in [5, 5.41) is 6.23. The number of carbonyl (C=O) groups is 1. The molecule has 0 saturated carbocycles. The summed E-state index contributed by atoms with van der Waals surface area (Å²) in [6.45, 7) is 4.61. The van der Waals surface area contributed by atoms with Gasteiger partial charge in [0.25, 0.3) is 5.91 Å². The van der Waals surface area contributed by atoms with Crippen molar-refractivity contribution in [3.05, 3.63) is 84.2 Å². The Hall–Kier alpha value is -3.34. The van der Waals surface area contributed by atoms with Gasteiger partial charge in [0.15, 0.2) is 0 Å². The van der Waals surface area contributed by atoms with E-state index in [0.717, 1.165) is 30.0 Å². The Morgan fingerprint density at radius 3 is 2.48 bits per heavy atom. The first-order chi connectivity index (χ1) is 14.1. The molecule has 29 heavy (non-hydrogen) atoms. The quantitative estimate of drug-likeness (QED) is 0.507. The maximum absolute atomic E-state index is 12.4. The molecule has 0 aliphatic rings. The van der Waals surface area contributed by atoms with Crippen LogP contribution in [-0.4, -0.2) is 23.5 Å². The van der Waals surface area contributed by atoms with Gasteiger partial charge in [0.05, 0.1) is 6.10 Å². The molecule has 5 nitrogen and oxygen atoms in total. The SMILES string of the molecule is CC(C)Oc1ccc(Nc2ccnc(C(=O)NCCCc3ccccc3)c2)cc1. The number of carbonyl (C=O) groups excluding carboxylic acids is 1. The molecule has 0 bridgehead atoms. The minimum atomic E-state index is -0.164. The first-order valence-corrected chi connectivity index (χ1v) is 9.92. The lowest BCUT2D eigenvalue weighted by molar-refractivity contribution is 0.0948. The third-order valence-electron chi connectivity index (χ3n) is 4.28. The zero-order valence-electron chi connectivity index (χ0n) is 16.9. The zero-order chi connectivity index (χ0) is 20.5. The van der Waals surface area contributed by atoms with Crippen molar-refractivity contribution in [2.45, 2.75) is 32.8 Å². The topological polar surface area (TPSA) is 63.2 Å². The van der Waals surface area contributed by atoms with E-state index in [1.807, 2.05) is 62.4 Å². The van der Waals surface area contributed by atoms with Gasteiger partial charge in [0.1, 0.15) is 11.4 Å². The van der Waals surface area contributed by atoms with E-state index >= 15 is 0 Å². The highest BCUT2D eigenvalue weighted by Gasteiger charge is 2.08. The second-order valence-corrected chi connectivity index (χ2v) is 7.09. The van der Waals surface area contributed by atoms with Gasteiger partial charge in [-0.3, -0.25) is 9.78 Å². The molecule has 0 aliphatic carbocycles. The second-order valence-electron chi connectivity index (χ2n) is 7.09. The van der Waals surface area contributed by atoms with Gasteiger partial charge >= 0.3 is 0 Å². The highest BCUT2D eigenvalue weighted by atomic mass is 16.5. The molecule has 3 rings (SSSR count). The lowest BCUT2D eigenvalue weighted by Crippen LogP contribution is -2.25. The van der Waals surface area contributed by atoms with Crippen molar-refractivity contribution in [1.29, 1.82) is 0 Å². The largest absolute Gasteiger partial charge is 0.491 e. The van der Waals surface area contributed by atoms with Gasteiger partial charge in [-0.2, -0.15) is 0 Å². The summed E-state index contributed by atoms with van der Waals surface area (Å²) in [6, 6.07) is 21.6. The van der Waals surface area contributed by atoms with Gasteiger partial charge in [-0.25, -0.2) is 0 Å². The molecule has 0 fully saturated rings. The van der Waals surface area contributed by atoms with E-state index in [2.05, 4.69) is 27.8 Å². The Morgan fingerprint density at radius 2 is 1.76 bits per heavy atom.